The topological polar surface area (TPSA) is 24.5 Å². The summed E-state index contributed by atoms with van der Waals surface area (Å²) in [5.41, 5.74) is 2.91. The van der Waals surface area contributed by atoms with E-state index in [9.17, 15) is 0 Å². The van der Waals surface area contributed by atoms with Gasteiger partial charge in [0.15, 0.2) is 0 Å². The van der Waals surface area contributed by atoms with Gasteiger partial charge in [0.2, 0.25) is 0 Å². The van der Waals surface area contributed by atoms with Crippen LogP contribution < -0.4 is 10.1 Å². The second-order valence-corrected chi connectivity index (χ2v) is 6.32. The Kier molecular flexibility index (Phi) is 3.99. The minimum absolute atomic E-state index is 0.438. The number of hydrogen-bond acceptors (Lipinski definition) is 3. The number of methoxy groups -OCH3 is 1. The summed E-state index contributed by atoms with van der Waals surface area (Å²) < 4.78 is 5.39. The lowest BCUT2D eigenvalue weighted by Crippen LogP contribution is -2.45. The van der Waals surface area contributed by atoms with Gasteiger partial charge in [-0.25, -0.2) is 0 Å². The minimum Gasteiger partial charge on any atom is -0.497 e. The molecule has 1 heterocycles. The Morgan fingerprint density at radius 2 is 2.00 bits per heavy atom. The number of nitrogens with one attached hydrogen (secondary N) is 1. The summed E-state index contributed by atoms with van der Waals surface area (Å²) in [6.45, 7) is 4.87. The Balaban J connectivity index is 1.81. The third-order valence-electron chi connectivity index (χ3n) is 5.10. The van der Waals surface area contributed by atoms with E-state index in [1.54, 1.807) is 7.11 Å². The molecule has 2 aliphatic rings. The van der Waals surface area contributed by atoms with Gasteiger partial charge in [0.1, 0.15) is 5.75 Å². The van der Waals surface area contributed by atoms with E-state index in [0.717, 1.165) is 11.7 Å². The van der Waals surface area contributed by atoms with Crippen LogP contribution in [0.4, 0.5) is 0 Å². The molecule has 0 radical (unpaired) electrons. The Bertz CT molecular complexity index is 466. The van der Waals surface area contributed by atoms with Crippen molar-refractivity contribution in [3.63, 3.8) is 0 Å². The first-order chi connectivity index (χ1) is 9.72. The fourth-order valence-corrected chi connectivity index (χ4v) is 3.77. The SMILES string of the molecule is CNC1c2cc(OC)ccc2CC1N1CCC(C)CC1. The lowest BCUT2D eigenvalue weighted by atomic mass is 9.96. The van der Waals surface area contributed by atoms with Gasteiger partial charge in [-0.1, -0.05) is 13.0 Å². The van der Waals surface area contributed by atoms with E-state index in [1.807, 2.05) is 0 Å². The summed E-state index contributed by atoms with van der Waals surface area (Å²) >= 11 is 0. The van der Waals surface area contributed by atoms with Crippen molar-refractivity contribution in [3.05, 3.63) is 29.3 Å². The fraction of sp³-hybridized carbons (Fsp3) is 0.647. The first-order valence-corrected chi connectivity index (χ1v) is 7.81. The minimum atomic E-state index is 0.438. The number of benzene rings is 1. The van der Waals surface area contributed by atoms with Crippen molar-refractivity contribution in [3.8, 4) is 5.75 Å². The van der Waals surface area contributed by atoms with Crippen molar-refractivity contribution in [2.24, 2.45) is 5.92 Å². The van der Waals surface area contributed by atoms with Crippen molar-refractivity contribution >= 4 is 0 Å². The van der Waals surface area contributed by atoms with Crippen LogP contribution in [0.5, 0.6) is 5.75 Å². The van der Waals surface area contributed by atoms with Crippen LogP contribution in [0.2, 0.25) is 0 Å². The first kappa shape index (κ1) is 13.9. The average Bonchev–Trinajstić information content (AvgIpc) is 2.85. The number of nitrogens with zero attached hydrogens (tertiary/aromatic N) is 1. The molecule has 1 saturated heterocycles. The van der Waals surface area contributed by atoms with Crippen LogP contribution in [-0.4, -0.2) is 38.2 Å². The van der Waals surface area contributed by atoms with Gasteiger partial charge >= 0.3 is 0 Å². The highest BCUT2D eigenvalue weighted by molar-refractivity contribution is 5.42. The molecule has 1 aromatic rings. The van der Waals surface area contributed by atoms with Crippen LogP contribution in [-0.2, 0) is 6.42 Å². The summed E-state index contributed by atoms with van der Waals surface area (Å²) in [6.07, 6.45) is 3.85. The Morgan fingerprint density at radius 1 is 1.25 bits per heavy atom. The lowest BCUT2D eigenvalue weighted by Gasteiger charge is -2.37. The smallest absolute Gasteiger partial charge is 0.119 e. The standard InChI is InChI=1S/C17H26N2O/c1-12-6-8-19(9-7-12)16-10-13-4-5-14(20-3)11-15(13)17(16)18-2/h4-5,11-12,16-18H,6-10H2,1-3H3. The highest BCUT2D eigenvalue weighted by Gasteiger charge is 2.36. The van der Waals surface area contributed by atoms with Crippen molar-refractivity contribution in [2.75, 3.05) is 27.2 Å². The van der Waals surface area contributed by atoms with Gasteiger partial charge < -0.3 is 10.1 Å². The molecule has 0 bridgehead atoms. The molecule has 0 saturated carbocycles. The Labute approximate surface area is 122 Å². The van der Waals surface area contributed by atoms with Gasteiger partial charge in [0, 0.05) is 12.1 Å². The molecule has 0 aromatic heterocycles. The quantitative estimate of drug-likeness (QED) is 0.917. The third-order valence-corrected chi connectivity index (χ3v) is 5.10. The summed E-state index contributed by atoms with van der Waals surface area (Å²) in [7, 11) is 3.83. The number of likely N-dealkylation sites (N-methyl/N-ethyl adjacent to an activating group) is 1. The van der Waals surface area contributed by atoms with E-state index < -0.39 is 0 Å². The van der Waals surface area contributed by atoms with Crippen LogP contribution in [0.3, 0.4) is 0 Å². The van der Waals surface area contributed by atoms with Gasteiger partial charge in [-0.05, 0) is 68.6 Å². The van der Waals surface area contributed by atoms with Crippen molar-refractivity contribution in [1.82, 2.24) is 10.2 Å². The van der Waals surface area contributed by atoms with Crippen LogP contribution >= 0.6 is 0 Å². The van der Waals surface area contributed by atoms with Gasteiger partial charge in [0.25, 0.3) is 0 Å². The number of fused-ring (bicyclic) bond motifs is 1. The molecule has 2 atom stereocenters. The summed E-state index contributed by atoms with van der Waals surface area (Å²) in [4.78, 5) is 2.69. The molecule has 20 heavy (non-hydrogen) atoms. The van der Waals surface area contributed by atoms with E-state index in [0.29, 0.717) is 12.1 Å². The van der Waals surface area contributed by atoms with Crippen molar-refractivity contribution < 1.29 is 4.74 Å². The molecule has 0 amide bonds. The van der Waals surface area contributed by atoms with Crippen LogP contribution in [0.25, 0.3) is 0 Å². The van der Waals surface area contributed by atoms with Gasteiger partial charge in [-0.2, -0.15) is 0 Å². The largest absolute Gasteiger partial charge is 0.497 e. The normalized spacial score (nSPS) is 27.6. The molecule has 1 N–H and O–H groups in total. The maximum Gasteiger partial charge on any atom is 0.119 e. The zero-order valence-corrected chi connectivity index (χ0v) is 12.9. The van der Waals surface area contributed by atoms with Crippen LogP contribution in [0, 0.1) is 5.92 Å². The lowest BCUT2D eigenvalue weighted by molar-refractivity contribution is 0.120. The third kappa shape index (κ3) is 2.45. The zero-order chi connectivity index (χ0) is 14.1. The van der Waals surface area contributed by atoms with Crippen molar-refractivity contribution in [1.29, 1.82) is 0 Å². The predicted molar refractivity (Wildman–Crippen MR) is 82.3 cm³/mol. The molecule has 1 aliphatic carbocycles. The number of ether oxygens (including phenoxy) is 1. The van der Waals surface area contributed by atoms with E-state index in [2.05, 4.69) is 42.4 Å². The molecule has 3 nitrogen and oxygen atoms in total. The molecule has 2 unspecified atom stereocenters. The van der Waals surface area contributed by atoms with Gasteiger partial charge in [-0.3, -0.25) is 4.90 Å². The fourth-order valence-electron chi connectivity index (χ4n) is 3.77. The molecule has 3 rings (SSSR count). The van der Waals surface area contributed by atoms with Gasteiger partial charge in [-0.15, -0.1) is 0 Å². The molecule has 1 fully saturated rings. The second-order valence-electron chi connectivity index (χ2n) is 6.32. The summed E-state index contributed by atoms with van der Waals surface area (Å²) in [5, 5.41) is 3.53. The summed E-state index contributed by atoms with van der Waals surface area (Å²) in [6, 6.07) is 7.59. The molecule has 1 aliphatic heterocycles. The van der Waals surface area contributed by atoms with E-state index in [4.69, 9.17) is 4.74 Å². The molecule has 110 valence electrons. The predicted octanol–water partition coefficient (Wildman–Crippen LogP) is 2.61. The molecule has 0 spiro atoms. The van der Waals surface area contributed by atoms with E-state index >= 15 is 0 Å². The van der Waals surface area contributed by atoms with Crippen LogP contribution in [0.15, 0.2) is 18.2 Å². The highest BCUT2D eigenvalue weighted by atomic mass is 16.5. The summed E-state index contributed by atoms with van der Waals surface area (Å²) in [5.74, 6) is 1.86. The first-order valence-electron chi connectivity index (χ1n) is 7.81. The Hall–Kier alpha value is -1.06. The zero-order valence-electron chi connectivity index (χ0n) is 12.9. The highest BCUT2D eigenvalue weighted by Crippen LogP contribution is 2.37. The number of hydrogen-bond donors (Lipinski definition) is 1. The average molecular weight is 274 g/mol. The number of rotatable bonds is 3. The molecular weight excluding hydrogens is 248 g/mol. The Morgan fingerprint density at radius 3 is 2.65 bits per heavy atom. The van der Waals surface area contributed by atoms with Gasteiger partial charge in [0.05, 0.1) is 7.11 Å². The monoisotopic (exact) mass is 274 g/mol. The van der Waals surface area contributed by atoms with E-state index in [1.165, 1.54) is 43.5 Å². The maximum absolute atomic E-state index is 5.39. The van der Waals surface area contributed by atoms with Crippen LogP contribution in [0.1, 0.15) is 36.9 Å². The molecule has 1 aromatic carbocycles. The van der Waals surface area contributed by atoms with E-state index in [-0.39, 0.29) is 0 Å². The maximum atomic E-state index is 5.39. The van der Waals surface area contributed by atoms with Crippen molar-refractivity contribution in [2.45, 2.75) is 38.3 Å². The number of likely N-dealkylation sites (tertiary alicyclic amines) is 1. The number of piperidine rings is 1. The second kappa shape index (κ2) is 5.74. The molecule has 3 heteroatoms. The molecular formula is C17H26N2O.